The number of aromatic hydroxyl groups is 1. The minimum absolute atomic E-state index is 0.166. The molecule has 0 atom stereocenters. The molecule has 0 bridgehead atoms. The number of fused-ring (bicyclic) bond motifs is 1. The summed E-state index contributed by atoms with van der Waals surface area (Å²) in [6.07, 6.45) is 6.02. The zero-order valence-corrected chi connectivity index (χ0v) is 16.7. The van der Waals surface area contributed by atoms with Gasteiger partial charge in [-0.05, 0) is 65.7 Å². The topological polar surface area (TPSA) is 68.9 Å². The molecule has 2 aromatic rings. The minimum atomic E-state index is -0.708. The van der Waals surface area contributed by atoms with Gasteiger partial charge in [-0.2, -0.15) is 0 Å². The van der Waals surface area contributed by atoms with Crippen LogP contribution in [0.2, 0.25) is 0 Å². The Hall–Kier alpha value is -2.69. The SMILES string of the molecule is CC(C)=CCCC(C)=CCOc1ccc2c(O)c(OC(C)C)c(=O)oc2c1. The molecule has 0 radical (unpaired) electrons. The molecule has 0 aliphatic carbocycles. The first kappa shape index (κ1) is 20.6. The summed E-state index contributed by atoms with van der Waals surface area (Å²) in [5, 5.41) is 10.7. The highest BCUT2D eigenvalue weighted by molar-refractivity contribution is 5.86. The van der Waals surface area contributed by atoms with E-state index >= 15 is 0 Å². The van der Waals surface area contributed by atoms with Crippen molar-refractivity contribution in [2.45, 2.75) is 53.6 Å². The highest BCUT2D eigenvalue weighted by Crippen LogP contribution is 2.33. The predicted molar refractivity (Wildman–Crippen MR) is 108 cm³/mol. The molecule has 0 saturated carbocycles. The van der Waals surface area contributed by atoms with Gasteiger partial charge in [0.25, 0.3) is 0 Å². The molecule has 1 heterocycles. The van der Waals surface area contributed by atoms with Crippen LogP contribution in [0.1, 0.15) is 47.5 Å². The lowest BCUT2D eigenvalue weighted by Crippen LogP contribution is -2.13. The summed E-state index contributed by atoms with van der Waals surface area (Å²) >= 11 is 0. The molecule has 27 heavy (non-hydrogen) atoms. The van der Waals surface area contributed by atoms with E-state index in [2.05, 4.69) is 26.8 Å². The molecule has 0 spiro atoms. The minimum Gasteiger partial charge on any atom is -0.504 e. The second-order valence-corrected chi connectivity index (χ2v) is 7.07. The number of hydrogen-bond donors (Lipinski definition) is 1. The summed E-state index contributed by atoms with van der Waals surface area (Å²) < 4.78 is 16.3. The van der Waals surface area contributed by atoms with Crippen LogP contribution in [0.5, 0.6) is 17.2 Å². The molecule has 5 nitrogen and oxygen atoms in total. The Labute approximate surface area is 159 Å². The standard InChI is InChI=1S/C22H28O5/c1-14(2)7-6-8-16(5)11-12-25-17-9-10-18-19(13-17)27-22(24)21(20(18)23)26-15(3)4/h7,9-11,13,15,23H,6,8,12H2,1-5H3. The van der Waals surface area contributed by atoms with Crippen LogP contribution in [-0.2, 0) is 0 Å². The van der Waals surface area contributed by atoms with Crippen LogP contribution >= 0.6 is 0 Å². The molecule has 0 aliphatic rings. The molecule has 1 aromatic carbocycles. The maximum atomic E-state index is 12.0. The molecule has 0 amide bonds. The van der Waals surface area contributed by atoms with E-state index in [-0.39, 0.29) is 23.2 Å². The van der Waals surface area contributed by atoms with Crippen molar-refractivity contribution in [2.75, 3.05) is 6.61 Å². The first-order valence-electron chi connectivity index (χ1n) is 9.16. The van der Waals surface area contributed by atoms with E-state index in [1.54, 1.807) is 32.0 Å². The van der Waals surface area contributed by atoms with E-state index in [0.717, 1.165) is 12.8 Å². The molecular formula is C22H28O5. The van der Waals surface area contributed by atoms with Crippen molar-refractivity contribution in [3.05, 3.63) is 51.9 Å². The summed E-state index contributed by atoms with van der Waals surface area (Å²) in [4.78, 5) is 12.0. The maximum absolute atomic E-state index is 12.0. The molecule has 1 aromatic heterocycles. The van der Waals surface area contributed by atoms with Crippen LogP contribution < -0.4 is 15.1 Å². The van der Waals surface area contributed by atoms with Crippen molar-refractivity contribution in [2.24, 2.45) is 0 Å². The Balaban J connectivity index is 2.10. The summed E-state index contributed by atoms with van der Waals surface area (Å²) in [7, 11) is 0. The van der Waals surface area contributed by atoms with Crippen LogP contribution in [0.3, 0.4) is 0 Å². The van der Waals surface area contributed by atoms with Gasteiger partial charge in [0.2, 0.25) is 5.75 Å². The van der Waals surface area contributed by atoms with Gasteiger partial charge >= 0.3 is 5.63 Å². The van der Waals surface area contributed by atoms with Crippen molar-refractivity contribution in [1.29, 1.82) is 0 Å². The third-order valence-corrected chi connectivity index (χ3v) is 3.94. The maximum Gasteiger partial charge on any atom is 0.383 e. The van der Waals surface area contributed by atoms with Gasteiger partial charge in [-0.15, -0.1) is 0 Å². The zero-order chi connectivity index (χ0) is 20.0. The van der Waals surface area contributed by atoms with E-state index in [4.69, 9.17) is 13.9 Å². The number of benzene rings is 1. The van der Waals surface area contributed by atoms with Gasteiger partial charge < -0.3 is 19.0 Å². The highest BCUT2D eigenvalue weighted by atomic mass is 16.5. The van der Waals surface area contributed by atoms with Crippen LogP contribution in [0.25, 0.3) is 11.0 Å². The molecule has 0 unspecified atom stereocenters. The van der Waals surface area contributed by atoms with Crippen LogP contribution in [0.4, 0.5) is 0 Å². The van der Waals surface area contributed by atoms with Gasteiger partial charge in [-0.1, -0.05) is 17.2 Å². The molecular weight excluding hydrogens is 344 g/mol. The molecule has 0 fully saturated rings. The van der Waals surface area contributed by atoms with E-state index in [9.17, 15) is 9.90 Å². The Morgan fingerprint density at radius 3 is 2.63 bits per heavy atom. The third-order valence-electron chi connectivity index (χ3n) is 3.94. The molecule has 2 rings (SSSR count). The largest absolute Gasteiger partial charge is 0.504 e. The van der Waals surface area contributed by atoms with Crippen molar-refractivity contribution in [3.8, 4) is 17.2 Å². The van der Waals surface area contributed by atoms with Gasteiger partial charge in [0.15, 0.2) is 5.75 Å². The van der Waals surface area contributed by atoms with E-state index < -0.39 is 5.63 Å². The predicted octanol–water partition coefficient (Wildman–Crippen LogP) is 5.36. The lowest BCUT2D eigenvalue weighted by Gasteiger charge is -2.11. The fraction of sp³-hybridized carbons (Fsp3) is 0.409. The number of allylic oxidation sites excluding steroid dienone is 3. The van der Waals surface area contributed by atoms with Crippen molar-refractivity contribution in [3.63, 3.8) is 0 Å². The highest BCUT2D eigenvalue weighted by Gasteiger charge is 2.17. The molecule has 0 saturated heterocycles. The smallest absolute Gasteiger partial charge is 0.383 e. The Morgan fingerprint density at radius 1 is 1.22 bits per heavy atom. The van der Waals surface area contributed by atoms with Gasteiger partial charge in [-0.25, -0.2) is 4.79 Å². The lowest BCUT2D eigenvalue weighted by molar-refractivity contribution is 0.221. The van der Waals surface area contributed by atoms with Gasteiger partial charge in [0.1, 0.15) is 17.9 Å². The number of hydrogen-bond acceptors (Lipinski definition) is 5. The van der Waals surface area contributed by atoms with Crippen LogP contribution in [0.15, 0.2) is 50.7 Å². The van der Waals surface area contributed by atoms with E-state index in [1.807, 2.05) is 6.08 Å². The summed E-state index contributed by atoms with van der Waals surface area (Å²) in [6.45, 7) is 10.2. The quantitative estimate of drug-likeness (QED) is 0.499. The van der Waals surface area contributed by atoms with Crippen molar-refractivity contribution in [1.82, 2.24) is 0 Å². The first-order chi connectivity index (χ1) is 12.8. The monoisotopic (exact) mass is 372 g/mol. The van der Waals surface area contributed by atoms with Gasteiger partial charge in [0, 0.05) is 6.07 Å². The summed E-state index contributed by atoms with van der Waals surface area (Å²) in [5.41, 5.74) is 2.13. The molecule has 5 heteroatoms. The summed E-state index contributed by atoms with van der Waals surface area (Å²) in [6, 6.07) is 4.98. The number of rotatable bonds is 8. The van der Waals surface area contributed by atoms with Gasteiger partial charge in [-0.3, -0.25) is 0 Å². The molecule has 146 valence electrons. The van der Waals surface area contributed by atoms with Crippen molar-refractivity contribution < 1.29 is 19.0 Å². The van der Waals surface area contributed by atoms with E-state index in [0.29, 0.717) is 17.7 Å². The Morgan fingerprint density at radius 2 is 1.96 bits per heavy atom. The average Bonchev–Trinajstić information content (AvgIpc) is 2.58. The molecule has 0 aliphatic heterocycles. The number of ether oxygens (including phenoxy) is 2. The summed E-state index contributed by atoms with van der Waals surface area (Å²) in [5.74, 6) is 0.188. The lowest BCUT2D eigenvalue weighted by atomic mass is 10.1. The Kier molecular flexibility index (Phi) is 7.11. The zero-order valence-electron chi connectivity index (χ0n) is 16.7. The average molecular weight is 372 g/mol. The second-order valence-electron chi connectivity index (χ2n) is 7.07. The van der Waals surface area contributed by atoms with Crippen LogP contribution in [-0.4, -0.2) is 17.8 Å². The van der Waals surface area contributed by atoms with Crippen molar-refractivity contribution >= 4 is 11.0 Å². The van der Waals surface area contributed by atoms with Gasteiger partial charge in [0.05, 0.1) is 11.5 Å². The second kappa shape index (κ2) is 9.31. The third kappa shape index (κ3) is 5.91. The Bertz CT molecular complexity index is 899. The normalized spacial score (nSPS) is 11.7. The molecule has 1 N–H and O–H groups in total. The van der Waals surface area contributed by atoms with E-state index in [1.165, 1.54) is 11.1 Å². The fourth-order valence-electron chi connectivity index (χ4n) is 2.55. The van der Waals surface area contributed by atoms with Crippen LogP contribution in [0, 0.1) is 0 Å². The first-order valence-corrected chi connectivity index (χ1v) is 9.16. The fourth-order valence-corrected chi connectivity index (χ4v) is 2.55.